The standard InChI is InChI=1S/C15H25FN2O/c1-4-9-17-11-13-6-5-7-14(16)15(13)18(3)10-8-12(2)19/h5-7,12,17,19H,4,8-11H2,1-3H3. The summed E-state index contributed by atoms with van der Waals surface area (Å²) in [7, 11) is 1.87. The molecular formula is C15H25FN2O. The molecule has 0 radical (unpaired) electrons. The van der Waals surface area contributed by atoms with Gasteiger partial charge in [0, 0.05) is 20.1 Å². The van der Waals surface area contributed by atoms with Gasteiger partial charge in [0.25, 0.3) is 0 Å². The van der Waals surface area contributed by atoms with E-state index >= 15 is 0 Å². The van der Waals surface area contributed by atoms with Gasteiger partial charge in [-0.15, -0.1) is 0 Å². The van der Waals surface area contributed by atoms with Crippen LogP contribution in [0.5, 0.6) is 0 Å². The summed E-state index contributed by atoms with van der Waals surface area (Å²) in [5.74, 6) is -0.205. The quantitative estimate of drug-likeness (QED) is 0.711. The largest absolute Gasteiger partial charge is 0.393 e. The lowest BCUT2D eigenvalue weighted by atomic mass is 10.1. The van der Waals surface area contributed by atoms with Crippen LogP contribution in [0.15, 0.2) is 18.2 Å². The van der Waals surface area contributed by atoms with E-state index in [1.165, 1.54) is 6.07 Å². The highest BCUT2D eigenvalue weighted by atomic mass is 19.1. The van der Waals surface area contributed by atoms with Gasteiger partial charge in [0.15, 0.2) is 0 Å². The van der Waals surface area contributed by atoms with Crippen LogP contribution in [-0.2, 0) is 6.54 Å². The highest BCUT2D eigenvalue weighted by molar-refractivity contribution is 5.54. The average molecular weight is 268 g/mol. The minimum Gasteiger partial charge on any atom is -0.393 e. The third-order valence-corrected chi connectivity index (χ3v) is 3.08. The van der Waals surface area contributed by atoms with Crippen LogP contribution in [-0.4, -0.2) is 31.3 Å². The molecule has 0 aromatic heterocycles. The number of anilines is 1. The molecule has 0 aliphatic heterocycles. The van der Waals surface area contributed by atoms with Crippen molar-refractivity contribution in [1.29, 1.82) is 0 Å². The van der Waals surface area contributed by atoms with Crippen LogP contribution in [0, 0.1) is 5.82 Å². The van der Waals surface area contributed by atoms with Crippen LogP contribution in [0.25, 0.3) is 0 Å². The van der Waals surface area contributed by atoms with E-state index in [4.69, 9.17) is 0 Å². The number of aliphatic hydroxyl groups excluding tert-OH is 1. The van der Waals surface area contributed by atoms with Gasteiger partial charge in [-0.25, -0.2) is 4.39 Å². The lowest BCUT2D eigenvalue weighted by molar-refractivity contribution is 0.186. The first kappa shape index (κ1) is 15.9. The van der Waals surface area contributed by atoms with Gasteiger partial charge in [-0.1, -0.05) is 19.1 Å². The van der Waals surface area contributed by atoms with E-state index in [1.807, 2.05) is 18.0 Å². The first-order valence-electron chi connectivity index (χ1n) is 6.93. The van der Waals surface area contributed by atoms with Gasteiger partial charge >= 0.3 is 0 Å². The lowest BCUT2D eigenvalue weighted by Gasteiger charge is -2.24. The Hall–Kier alpha value is -1.13. The van der Waals surface area contributed by atoms with Crippen molar-refractivity contribution in [3.05, 3.63) is 29.6 Å². The number of halogens is 1. The maximum Gasteiger partial charge on any atom is 0.146 e. The summed E-state index contributed by atoms with van der Waals surface area (Å²) >= 11 is 0. The molecule has 2 N–H and O–H groups in total. The first-order valence-corrected chi connectivity index (χ1v) is 6.93. The van der Waals surface area contributed by atoms with Gasteiger partial charge in [-0.3, -0.25) is 0 Å². The fraction of sp³-hybridized carbons (Fsp3) is 0.600. The molecule has 0 bridgehead atoms. The van der Waals surface area contributed by atoms with Crippen molar-refractivity contribution >= 4 is 5.69 Å². The Kier molecular flexibility index (Phi) is 6.81. The van der Waals surface area contributed by atoms with Crippen molar-refractivity contribution in [3.8, 4) is 0 Å². The Balaban J connectivity index is 2.78. The Morgan fingerprint density at radius 3 is 2.79 bits per heavy atom. The molecule has 0 fully saturated rings. The number of nitrogens with zero attached hydrogens (tertiary/aromatic N) is 1. The topological polar surface area (TPSA) is 35.5 Å². The second kappa shape index (κ2) is 8.12. The third kappa shape index (κ3) is 5.17. The lowest BCUT2D eigenvalue weighted by Crippen LogP contribution is -2.25. The highest BCUT2D eigenvalue weighted by Gasteiger charge is 2.13. The molecular weight excluding hydrogens is 243 g/mol. The van der Waals surface area contributed by atoms with Gasteiger partial charge < -0.3 is 15.3 Å². The molecule has 0 amide bonds. The zero-order valence-corrected chi connectivity index (χ0v) is 12.1. The average Bonchev–Trinajstić information content (AvgIpc) is 2.36. The van der Waals surface area contributed by atoms with Crippen molar-refractivity contribution in [3.63, 3.8) is 0 Å². The molecule has 1 rings (SSSR count). The Bertz CT molecular complexity index is 382. The maximum atomic E-state index is 14.0. The minimum atomic E-state index is -0.365. The number of aliphatic hydroxyl groups is 1. The molecule has 1 unspecified atom stereocenters. The number of hydrogen-bond acceptors (Lipinski definition) is 3. The maximum absolute atomic E-state index is 14.0. The summed E-state index contributed by atoms with van der Waals surface area (Å²) in [6.07, 6.45) is 1.32. The van der Waals surface area contributed by atoms with E-state index in [2.05, 4.69) is 12.2 Å². The van der Waals surface area contributed by atoms with E-state index in [1.54, 1.807) is 13.0 Å². The van der Waals surface area contributed by atoms with Crippen LogP contribution in [0.2, 0.25) is 0 Å². The molecule has 4 heteroatoms. The summed E-state index contributed by atoms with van der Waals surface area (Å²) in [5.41, 5.74) is 1.59. The van der Waals surface area contributed by atoms with Crippen molar-refractivity contribution in [2.24, 2.45) is 0 Å². The fourth-order valence-electron chi connectivity index (χ4n) is 2.02. The molecule has 108 valence electrons. The van der Waals surface area contributed by atoms with Crippen molar-refractivity contribution < 1.29 is 9.50 Å². The summed E-state index contributed by atoms with van der Waals surface area (Å²) in [5, 5.41) is 12.6. The minimum absolute atomic E-state index is 0.205. The molecule has 3 nitrogen and oxygen atoms in total. The third-order valence-electron chi connectivity index (χ3n) is 3.08. The Labute approximate surface area is 115 Å². The van der Waals surface area contributed by atoms with Crippen molar-refractivity contribution in [1.82, 2.24) is 5.32 Å². The molecule has 19 heavy (non-hydrogen) atoms. The molecule has 0 saturated carbocycles. The normalized spacial score (nSPS) is 12.5. The van der Waals surface area contributed by atoms with Gasteiger partial charge in [0.1, 0.15) is 5.82 Å². The van der Waals surface area contributed by atoms with Crippen LogP contribution in [0.3, 0.4) is 0 Å². The molecule has 0 spiro atoms. The van der Waals surface area contributed by atoms with Crippen molar-refractivity contribution in [2.45, 2.75) is 39.3 Å². The summed E-state index contributed by atoms with van der Waals surface area (Å²) in [6.45, 7) is 6.08. The van der Waals surface area contributed by atoms with Gasteiger partial charge in [-0.2, -0.15) is 0 Å². The van der Waals surface area contributed by atoms with Gasteiger partial charge in [0.05, 0.1) is 11.8 Å². The smallest absolute Gasteiger partial charge is 0.146 e. The van der Waals surface area contributed by atoms with Crippen LogP contribution in [0.1, 0.15) is 32.3 Å². The number of benzene rings is 1. The highest BCUT2D eigenvalue weighted by Crippen LogP contribution is 2.23. The molecule has 1 aromatic rings. The zero-order valence-electron chi connectivity index (χ0n) is 12.1. The van der Waals surface area contributed by atoms with E-state index in [0.29, 0.717) is 25.2 Å². The Morgan fingerprint density at radius 2 is 2.16 bits per heavy atom. The van der Waals surface area contributed by atoms with Crippen LogP contribution < -0.4 is 10.2 Å². The number of para-hydroxylation sites is 1. The Morgan fingerprint density at radius 1 is 1.42 bits per heavy atom. The summed E-state index contributed by atoms with van der Waals surface area (Å²) < 4.78 is 14.0. The van der Waals surface area contributed by atoms with Gasteiger partial charge in [0.2, 0.25) is 0 Å². The SMILES string of the molecule is CCCNCc1cccc(F)c1N(C)CCC(C)O. The predicted molar refractivity (Wildman–Crippen MR) is 78.0 cm³/mol. The van der Waals surface area contributed by atoms with Crippen LogP contribution in [0.4, 0.5) is 10.1 Å². The second-order valence-corrected chi connectivity index (χ2v) is 4.98. The molecule has 0 saturated heterocycles. The predicted octanol–water partition coefficient (Wildman–Crippen LogP) is 2.53. The van der Waals surface area contributed by atoms with Crippen LogP contribution >= 0.6 is 0 Å². The van der Waals surface area contributed by atoms with E-state index in [9.17, 15) is 9.50 Å². The molecule has 0 heterocycles. The summed E-state index contributed by atoms with van der Waals surface area (Å²) in [4.78, 5) is 1.88. The number of hydrogen-bond donors (Lipinski definition) is 2. The number of rotatable bonds is 8. The monoisotopic (exact) mass is 268 g/mol. The van der Waals surface area contributed by atoms with Crippen molar-refractivity contribution in [2.75, 3.05) is 25.0 Å². The molecule has 0 aliphatic rings. The first-order chi connectivity index (χ1) is 9.06. The second-order valence-electron chi connectivity index (χ2n) is 4.98. The molecule has 1 atom stereocenters. The summed E-state index contributed by atoms with van der Waals surface area (Å²) in [6, 6.07) is 5.17. The van der Waals surface area contributed by atoms with E-state index in [-0.39, 0.29) is 11.9 Å². The van der Waals surface area contributed by atoms with Gasteiger partial charge in [-0.05, 0) is 37.9 Å². The molecule has 0 aliphatic carbocycles. The molecule has 1 aromatic carbocycles. The zero-order chi connectivity index (χ0) is 14.3. The van der Waals surface area contributed by atoms with E-state index < -0.39 is 0 Å². The van der Waals surface area contributed by atoms with E-state index in [0.717, 1.165) is 18.5 Å². The number of nitrogens with one attached hydrogen (secondary N) is 1. The fourth-order valence-corrected chi connectivity index (χ4v) is 2.02.